The zero-order chi connectivity index (χ0) is 12.8. The Labute approximate surface area is 113 Å². The molecule has 0 heterocycles. The first-order valence-corrected chi connectivity index (χ1v) is 6.95. The molecule has 0 atom stereocenters. The van der Waals surface area contributed by atoms with Crippen LogP contribution in [-0.2, 0) is 6.42 Å². The first-order valence-electron chi connectivity index (χ1n) is 6.16. The second-order valence-corrected chi connectivity index (χ2v) is 5.45. The first-order chi connectivity index (χ1) is 8.10. The molecule has 1 rings (SSSR count). The summed E-state index contributed by atoms with van der Waals surface area (Å²) < 4.78 is 6.50. The zero-order valence-corrected chi connectivity index (χ0v) is 12.5. The molecule has 0 unspecified atom stereocenters. The third-order valence-corrected chi connectivity index (χ3v) is 3.47. The van der Waals surface area contributed by atoms with Crippen LogP contribution >= 0.6 is 15.9 Å². The van der Waals surface area contributed by atoms with Gasteiger partial charge in [0.15, 0.2) is 0 Å². The molecule has 0 radical (unpaired) electrons. The molecule has 0 saturated carbocycles. The van der Waals surface area contributed by atoms with Crippen LogP contribution in [-0.4, -0.2) is 13.7 Å². The molecule has 1 aromatic rings. The maximum Gasteiger partial charge on any atom is 0.136 e. The lowest BCUT2D eigenvalue weighted by Crippen LogP contribution is -2.01. The number of hydrogen-bond acceptors (Lipinski definition) is 2. The number of unbranched alkanes of at least 4 members (excludes halogenated alkanes) is 1. The highest BCUT2D eigenvalue weighted by molar-refractivity contribution is 9.10. The van der Waals surface area contributed by atoms with Crippen molar-refractivity contribution in [2.24, 2.45) is 5.73 Å². The van der Waals surface area contributed by atoms with E-state index >= 15 is 0 Å². The van der Waals surface area contributed by atoms with Gasteiger partial charge < -0.3 is 10.5 Å². The SMILES string of the molecule is COc1c(Br)cc(CCCCN)cc1C(C)C. The summed E-state index contributed by atoms with van der Waals surface area (Å²) in [7, 11) is 1.72. The van der Waals surface area contributed by atoms with Crippen LogP contribution in [0.15, 0.2) is 16.6 Å². The molecule has 0 aliphatic rings. The molecule has 2 nitrogen and oxygen atoms in total. The van der Waals surface area contributed by atoms with Crippen molar-refractivity contribution >= 4 is 15.9 Å². The molecule has 0 amide bonds. The van der Waals surface area contributed by atoms with Gasteiger partial charge >= 0.3 is 0 Å². The second-order valence-electron chi connectivity index (χ2n) is 4.60. The lowest BCUT2D eigenvalue weighted by molar-refractivity contribution is 0.404. The van der Waals surface area contributed by atoms with Crippen LogP contribution in [0.2, 0.25) is 0 Å². The van der Waals surface area contributed by atoms with Gasteiger partial charge in [-0.3, -0.25) is 0 Å². The average molecular weight is 300 g/mol. The van der Waals surface area contributed by atoms with Crippen molar-refractivity contribution in [1.29, 1.82) is 0 Å². The van der Waals surface area contributed by atoms with Gasteiger partial charge in [-0.15, -0.1) is 0 Å². The molecular formula is C14H22BrNO. The molecule has 0 saturated heterocycles. The summed E-state index contributed by atoms with van der Waals surface area (Å²) in [5, 5.41) is 0. The van der Waals surface area contributed by atoms with Gasteiger partial charge in [-0.05, 0) is 64.8 Å². The van der Waals surface area contributed by atoms with E-state index in [4.69, 9.17) is 10.5 Å². The minimum atomic E-state index is 0.468. The summed E-state index contributed by atoms with van der Waals surface area (Å²) in [5.41, 5.74) is 8.14. The fourth-order valence-corrected chi connectivity index (χ4v) is 2.62. The Kier molecular flexibility index (Phi) is 6.00. The number of rotatable bonds is 6. The van der Waals surface area contributed by atoms with Gasteiger partial charge in [0.1, 0.15) is 5.75 Å². The van der Waals surface area contributed by atoms with Crippen molar-refractivity contribution in [2.45, 2.75) is 39.0 Å². The van der Waals surface area contributed by atoms with E-state index < -0.39 is 0 Å². The van der Waals surface area contributed by atoms with Gasteiger partial charge in [-0.25, -0.2) is 0 Å². The molecule has 2 N–H and O–H groups in total. The van der Waals surface area contributed by atoms with Crippen molar-refractivity contribution in [3.05, 3.63) is 27.7 Å². The van der Waals surface area contributed by atoms with E-state index in [2.05, 4.69) is 41.9 Å². The van der Waals surface area contributed by atoms with Crippen molar-refractivity contribution in [2.75, 3.05) is 13.7 Å². The molecule has 1 aromatic carbocycles. The maximum atomic E-state index is 5.52. The Bertz CT molecular complexity index is 363. The number of ether oxygens (including phenoxy) is 1. The van der Waals surface area contributed by atoms with E-state index in [1.807, 2.05) is 0 Å². The van der Waals surface area contributed by atoms with E-state index in [0.29, 0.717) is 5.92 Å². The van der Waals surface area contributed by atoms with Crippen molar-refractivity contribution in [3.8, 4) is 5.75 Å². The molecule has 0 fully saturated rings. The lowest BCUT2D eigenvalue weighted by atomic mass is 9.97. The number of aryl methyl sites for hydroxylation is 1. The van der Waals surface area contributed by atoms with Crippen molar-refractivity contribution < 1.29 is 4.74 Å². The van der Waals surface area contributed by atoms with Crippen molar-refractivity contribution in [3.63, 3.8) is 0 Å². The van der Waals surface area contributed by atoms with Crippen LogP contribution in [0.1, 0.15) is 43.7 Å². The number of halogens is 1. The summed E-state index contributed by atoms with van der Waals surface area (Å²) in [6, 6.07) is 4.41. The average Bonchev–Trinajstić information content (AvgIpc) is 2.28. The van der Waals surface area contributed by atoms with E-state index in [1.165, 1.54) is 11.1 Å². The quantitative estimate of drug-likeness (QED) is 0.810. The van der Waals surface area contributed by atoms with Crippen LogP contribution in [0.3, 0.4) is 0 Å². The summed E-state index contributed by atoms with van der Waals surface area (Å²) in [5.74, 6) is 1.43. The van der Waals surface area contributed by atoms with E-state index in [-0.39, 0.29) is 0 Å². The van der Waals surface area contributed by atoms with Crippen LogP contribution in [0.25, 0.3) is 0 Å². The Morgan fingerprint density at radius 3 is 2.53 bits per heavy atom. The molecule has 17 heavy (non-hydrogen) atoms. The van der Waals surface area contributed by atoms with Gasteiger partial charge in [0.2, 0.25) is 0 Å². The molecule has 3 heteroatoms. The monoisotopic (exact) mass is 299 g/mol. The number of methoxy groups -OCH3 is 1. The summed E-state index contributed by atoms with van der Waals surface area (Å²) in [4.78, 5) is 0. The standard InChI is InChI=1S/C14H22BrNO/c1-10(2)12-8-11(6-4-5-7-16)9-13(15)14(12)17-3/h8-10H,4-7,16H2,1-3H3. The summed E-state index contributed by atoms with van der Waals surface area (Å²) in [6.07, 6.45) is 3.31. The van der Waals surface area contributed by atoms with Crippen LogP contribution in [0.4, 0.5) is 0 Å². The third-order valence-electron chi connectivity index (χ3n) is 2.88. The third kappa shape index (κ3) is 4.00. The van der Waals surface area contributed by atoms with Crippen LogP contribution in [0.5, 0.6) is 5.75 Å². The zero-order valence-electron chi connectivity index (χ0n) is 10.9. The predicted octanol–water partition coefficient (Wildman–Crippen LogP) is 3.86. The van der Waals surface area contributed by atoms with Gasteiger partial charge in [0.25, 0.3) is 0 Å². The maximum absolute atomic E-state index is 5.52. The number of nitrogens with two attached hydrogens (primary N) is 1. The van der Waals surface area contributed by atoms with Gasteiger partial charge in [-0.1, -0.05) is 19.9 Å². The smallest absolute Gasteiger partial charge is 0.136 e. The molecular weight excluding hydrogens is 278 g/mol. The number of benzene rings is 1. The van der Waals surface area contributed by atoms with Crippen LogP contribution < -0.4 is 10.5 Å². The molecule has 0 aromatic heterocycles. The minimum absolute atomic E-state index is 0.468. The fourth-order valence-electron chi connectivity index (χ4n) is 1.94. The Hall–Kier alpha value is -0.540. The van der Waals surface area contributed by atoms with Gasteiger partial charge in [-0.2, -0.15) is 0 Å². The first kappa shape index (κ1) is 14.5. The highest BCUT2D eigenvalue weighted by atomic mass is 79.9. The topological polar surface area (TPSA) is 35.2 Å². The Balaban J connectivity index is 2.94. The molecule has 96 valence electrons. The molecule has 0 aliphatic heterocycles. The van der Waals surface area contributed by atoms with Crippen LogP contribution in [0, 0.1) is 0 Å². The normalized spacial score (nSPS) is 10.9. The van der Waals surface area contributed by atoms with Crippen molar-refractivity contribution in [1.82, 2.24) is 0 Å². The summed E-state index contributed by atoms with van der Waals surface area (Å²) >= 11 is 3.59. The van der Waals surface area contributed by atoms with E-state index in [9.17, 15) is 0 Å². The largest absolute Gasteiger partial charge is 0.495 e. The minimum Gasteiger partial charge on any atom is -0.495 e. The highest BCUT2D eigenvalue weighted by Crippen LogP contribution is 2.35. The Morgan fingerprint density at radius 1 is 1.29 bits per heavy atom. The van der Waals surface area contributed by atoms with Gasteiger partial charge in [0, 0.05) is 0 Å². The highest BCUT2D eigenvalue weighted by Gasteiger charge is 2.12. The lowest BCUT2D eigenvalue weighted by Gasteiger charge is -2.15. The summed E-state index contributed by atoms with van der Waals surface area (Å²) in [6.45, 7) is 5.15. The van der Waals surface area contributed by atoms with Gasteiger partial charge in [0.05, 0.1) is 11.6 Å². The molecule has 0 spiro atoms. The molecule has 0 bridgehead atoms. The van der Waals surface area contributed by atoms with E-state index in [0.717, 1.165) is 36.0 Å². The molecule has 0 aliphatic carbocycles. The Morgan fingerprint density at radius 2 is 2.00 bits per heavy atom. The second kappa shape index (κ2) is 7.02. The predicted molar refractivity (Wildman–Crippen MR) is 76.8 cm³/mol. The number of hydrogen-bond donors (Lipinski definition) is 1. The van der Waals surface area contributed by atoms with E-state index in [1.54, 1.807) is 7.11 Å². The fraction of sp³-hybridized carbons (Fsp3) is 0.571.